The van der Waals surface area contributed by atoms with E-state index in [1.54, 1.807) is 16.7 Å². The molecule has 1 aromatic heterocycles. The van der Waals surface area contributed by atoms with E-state index in [0.717, 1.165) is 42.6 Å². The van der Waals surface area contributed by atoms with Crippen LogP contribution < -0.4 is 26.5 Å². The van der Waals surface area contributed by atoms with Crippen molar-refractivity contribution in [2.45, 2.75) is 25.6 Å². The van der Waals surface area contributed by atoms with E-state index in [1.807, 2.05) is 50.3 Å². The van der Waals surface area contributed by atoms with Crippen LogP contribution in [-0.4, -0.2) is 48.4 Å². The lowest BCUT2D eigenvalue weighted by Crippen LogP contribution is -2.47. The van der Waals surface area contributed by atoms with E-state index in [2.05, 4.69) is 58.3 Å². The fraction of sp³-hybridized carbons (Fsp3) is 0.310. The minimum Gasteiger partial charge on any atom is -0.369 e. The van der Waals surface area contributed by atoms with Crippen LogP contribution in [0.15, 0.2) is 76.5 Å². The maximum atomic E-state index is 13.0. The first-order valence-corrected chi connectivity index (χ1v) is 12.1. The Labute approximate surface area is 206 Å². The Balaban J connectivity index is 1.48. The molecule has 1 fully saturated rings. The standard InChI is InChI=1S/C29H31N5O/c1-22(23-8-5-4-6-9-23)34-27(35)16-11-24-10-7-17-29(2,31-28(24)34)30-25-12-14-26(15-13-25)33-20-18-32(3)19-21-33/h4-6,8-16,22,30H,18-21H2,1-3H3. The van der Waals surface area contributed by atoms with Crippen molar-refractivity contribution >= 4 is 17.5 Å². The number of rotatable bonds is 5. The largest absolute Gasteiger partial charge is 0.369 e. The molecule has 3 aromatic rings. The third-order valence-electron chi connectivity index (χ3n) is 6.79. The molecule has 3 heterocycles. The summed E-state index contributed by atoms with van der Waals surface area (Å²) < 4.78 is 1.76. The Morgan fingerprint density at radius 3 is 2.40 bits per heavy atom. The van der Waals surface area contributed by atoms with Crippen LogP contribution in [-0.2, 0) is 0 Å². The number of hydrogen-bond donors (Lipinski definition) is 1. The van der Waals surface area contributed by atoms with Crippen LogP contribution in [0.3, 0.4) is 0 Å². The van der Waals surface area contributed by atoms with Crippen LogP contribution in [0.5, 0.6) is 0 Å². The second-order valence-corrected chi connectivity index (χ2v) is 9.47. The first-order chi connectivity index (χ1) is 16.9. The van der Waals surface area contributed by atoms with Gasteiger partial charge in [0, 0.05) is 48.8 Å². The molecule has 2 unspecified atom stereocenters. The maximum absolute atomic E-state index is 13.0. The van der Waals surface area contributed by atoms with Gasteiger partial charge < -0.3 is 15.1 Å². The molecule has 0 bridgehead atoms. The Morgan fingerprint density at radius 1 is 0.971 bits per heavy atom. The van der Waals surface area contributed by atoms with Gasteiger partial charge in [-0.15, -0.1) is 0 Å². The molecule has 1 N–H and O–H groups in total. The lowest BCUT2D eigenvalue weighted by Gasteiger charge is -2.34. The Kier molecular flexibility index (Phi) is 6.19. The lowest BCUT2D eigenvalue weighted by molar-refractivity contribution is 0.313. The van der Waals surface area contributed by atoms with Gasteiger partial charge in [0.25, 0.3) is 5.56 Å². The molecule has 0 spiro atoms. The van der Waals surface area contributed by atoms with E-state index in [0.29, 0.717) is 5.49 Å². The van der Waals surface area contributed by atoms with Crippen molar-refractivity contribution < 1.29 is 0 Å². The summed E-state index contributed by atoms with van der Waals surface area (Å²) in [6, 6.07) is 21.7. The topological polar surface area (TPSA) is 52.9 Å². The number of nitrogens with one attached hydrogen (secondary N) is 1. The SMILES string of the molecule is CC(c1ccccc1)n1c(=O)ccc2c1=NC(C)(Nc1ccc(N3CCN(C)CC3)cc1)C#CC=2. The van der Waals surface area contributed by atoms with Gasteiger partial charge in [-0.05, 0) is 68.8 Å². The van der Waals surface area contributed by atoms with Crippen molar-refractivity contribution in [2.75, 3.05) is 43.4 Å². The van der Waals surface area contributed by atoms with Gasteiger partial charge in [-0.25, -0.2) is 4.99 Å². The molecule has 0 radical (unpaired) electrons. The summed E-state index contributed by atoms with van der Waals surface area (Å²) in [5.41, 5.74) is 2.86. The molecule has 0 aliphatic carbocycles. The third kappa shape index (κ3) is 4.87. The molecular weight excluding hydrogens is 434 g/mol. The number of piperazine rings is 1. The van der Waals surface area contributed by atoms with Gasteiger partial charge in [0.05, 0.1) is 6.04 Å². The van der Waals surface area contributed by atoms with E-state index in [1.165, 1.54) is 5.69 Å². The summed E-state index contributed by atoms with van der Waals surface area (Å²) in [6.45, 7) is 8.20. The van der Waals surface area contributed by atoms with Crippen molar-refractivity contribution in [3.63, 3.8) is 0 Å². The van der Waals surface area contributed by atoms with E-state index in [9.17, 15) is 4.79 Å². The van der Waals surface area contributed by atoms with Crippen molar-refractivity contribution in [1.29, 1.82) is 0 Å². The number of nitrogens with zero attached hydrogens (tertiary/aromatic N) is 4. The summed E-state index contributed by atoms with van der Waals surface area (Å²) in [4.78, 5) is 22.8. The zero-order valence-corrected chi connectivity index (χ0v) is 20.5. The average molecular weight is 466 g/mol. The average Bonchev–Trinajstić information content (AvgIpc) is 3.03. The normalized spacial score (nSPS) is 20.4. The Morgan fingerprint density at radius 2 is 1.69 bits per heavy atom. The zero-order chi connectivity index (χ0) is 24.4. The zero-order valence-electron chi connectivity index (χ0n) is 20.5. The summed E-state index contributed by atoms with van der Waals surface area (Å²) in [5, 5.41) is 4.34. The lowest BCUT2D eigenvalue weighted by atomic mass is 10.1. The van der Waals surface area contributed by atoms with Gasteiger partial charge in [-0.1, -0.05) is 36.3 Å². The van der Waals surface area contributed by atoms with Crippen molar-refractivity contribution in [2.24, 2.45) is 4.99 Å². The molecule has 0 amide bonds. The number of benzene rings is 2. The molecular formula is C29H31N5O. The number of pyridine rings is 1. The first-order valence-electron chi connectivity index (χ1n) is 12.1. The van der Waals surface area contributed by atoms with Crippen LogP contribution in [0.4, 0.5) is 11.4 Å². The van der Waals surface area contributed by atoms with Crippen LogP contribution in [0.25, 0.3) is 6.08 Å². The van der Waals surface area contributed by atoms with Crippen molar-refractivity contribution in [1.82, 2.24) is 9.47 Å². The summed E-state index contributed by atoms with van der Waals surface area (Å²) in [7, 11) is 2.16. The van der Waals surface area contributed by atoms with Crippen LogP contribution in [0.2, 0.25) is 0 Å². The highest BCUT2D eigenvalue weighted by Crippen LogP contribution is 2.22. The summed E-state index contributed by atoms with van der Waals surface area (Å²) >= 11 is 0. The van der Waals surface area contributed by atoms with Gasteiger partial charge >= 0.3 is 0 Å². The molecule has 2 aromatic carbocycles. The highest BCUT2D eigenvalue weighted by molar-refractivity contribution is 5.58. The number of aromatic nitrogens is 1. The molecule has 2 aliphatic heterocycles. The quantitative estimate of drug-likeness (QED) is 0.589. The second kappa shape index (κ2) is 9.44. The number of fused-ring (bicyclic) bond motifs is 1. The van der Waals surface area contributed by atoms with Gasteiger partial charge in [0.1, 0.15) is 5.49 Å². The maximum Gasteiger partial charge on any atom is 0.252 e. The Bertz CT molecular complexity index is 1440. The molecule has 6 nitrogen and oxygen atoms in total. The highest BCUT2D eigenvalue weighted by Gasteiger charge is 2.23. The van der Waals surface area contributed by atoms with Gasteiger partial charge in [0.2, 0.25) is 0 Å². The van der Waals surface area contributed by atoms with E-state index in [4.69, 9.17) is 4.99 Å². The second-order valence-electron chi connectivity index (χ2n) is 9.47. The van der Waals surface area contributed by atoms with E-state index >= 15 is 0 Å². The molecule has 2 aliphatic rings. The fourth-order valence-corrected chi connectivity index (χ4v) is 4.70. The predicted molar refractivity (Wildman–Crippen MR) is 142 cm³/mol. The highest BCUT2D eigenvalue weighted by atomic mass is 16.1. The molecule has 178 valence electrons. The molecule has 35 heavy (non-hydrogen) atoms. The van der Waals surface area contributed by atoms with Crippen molar-refractivity contribution in [3.05, 3.63) is 93.4 Å². The van der Waals surface area contributed by atoms with E-state index in [-0.39, 0.29) is 11.6 Å². The molecule has 2 atom stereocenters. The van der Waals surface area contributed by atoms with E-state index < -0.39 is 5.66 Å². The van der Waals surface area contributed by atoms with Gasteiger partial charge in [-0.2, -0.15) is 0 Å². The van der Waals surface area contributed by atoms with Crippen molar-refractivity contribution in [3.8, 4) is 11.8 Å². The fourth-order valence-electron chi connectivity index (χ4n) is 4.70. The number of hydrogen-bond acceptors (Lipinski definition) is 5. The third-order valence-corrected chi connectivity index (χ3v) is 6.79. The van der Waals surface area contributed by atoms with Crippen LogP contribution >= 0.6 is 0 Å². The molecule has 0 saturated carbocycles. The Hall–Kier alpha value is -3.82. The number of likely N-dealkylation sites (N-methyl/N-ethyl adjacent to an activating group) is 1. The van der Waals surface area contributed by atoms with Gasteiger partial charge in [0.15, 0.2) is 5.66 Å². The van der Waals surface area contributed by atoms with Crippen LogP contribution in [0, 0.1) is 11.8 Å². The minimum absolute atomic E-state index is 0.0852. The molecule has 5 rings (SSSR count). The summed E-state index contributed by atoms with van der Waals surface area (Å²) in [6.07, 6.45) is 1.84. The first kappa shape index (κ1) is 22.9. The smallest absolute Gasteiger partial charge is 0.252 e. The monoisotopic (exact) mass is 465 g/mol. The molecule has 1 saturated heterocycles. The number of anilines is 2. The summed E-state index contributed by atoms with van der Waals surface area (Å²) in [5.74, 6) is 6.39. The van der Waals surface area contributed by atoms with Crippen LogP contribution in [0.1, 0.15) is 25.5 Å². The molecule has 6 heteroatoms. The minimum atomic E-state index is -0.886. The predicted octanol–water partition coefficient (Wildman–Crippen LogP) is 2.45. The van der Waals surface area contributed by atoms with Gasteiger partial charge in [-0.3, -0.25) is 9.36 Å².